The van der Waals surface area contributed by atoms with Crippen molar-refractivity contribution >= 4 is 28.3 Å². The van der Waals surface area contributed by atoms with Crippen molar-refractivity contribution in [2.24, 2.45) is 5.73 Å². The Hall–Kier alpha value is -0.970. The normalized spacial score (nSPS) is 11.8. The summed E-state index contributed by atoms with van der Waals surface area (Å²) in [6, 6.07) is 9.25. The molecule has 0 spiro atoms. The number of halogens is 2. The molecule has 98 valence electrons. The molecule has 0 saturated carbocycles. The molecule has 1 aromatic heterocycles. The van der Waals surface area contributed by atoms with Gasteiger partial charge >= 0.3 is 0 Å². The molecular formula is C13H15BrClNO2. The van der Waals surface area contributed by atoms with Gasteiger partial charge < -0.3 is 14.9 Å². The molecule has 1 heterocycles. The number of nitrogens with two attached hydrogens (primary N) is 1. The minimum atomic E-state index is -0.274. The van der Waals surface area contributed by atoms with Crippen molar-refractivity contribution < 1.29 is 9.15 Å². The van der Waals surface area contributed by atoms with E-state index in [0.29, 0.717) is 0 Å². The van der Waals surface area contributed by atoms with Gasteiger partial charge in [0.15, 0.2) is 0 Å². The molecule has 0 saturated heterocycles. The van der Waals surface area contributed by atoms with Gasteiger partial charge in [-0.1, -0.05) is 22.0 Å². The second kappa shape index (κ2) is 6.27. The van der Waals surface area contributed by atoms with Crippen molar-refractivity contribution in [2.45, 2.75) is 13.0 Å². The van der Waals surface area contributed by atoms with E-state index in [4.69, 9.17) is 14.9 Å². The Kier molecular flexibility index (Phi) is 5.26. The largest absolute Gasteiger partial charge is 0.497 e. The third kappa shape index (κ3) is 3.07. The molecule has 5 heteroatoms. The smallest absolute Gasteiger partial charge is 0.125 e. The summed E-state index contributed by atoms with van der Waals surface area (Å²) < 4.78 is 11.6. The summed E-state index contributed by atoms with van der Waals surface area (Å²) in [6.45, 7) is 1.90. The van der Waals surface area contributed by atoms with Gasteiger partial charge in [0, 0.05) is 4.47 Å². The van der Waals surface area contributed by atoms with Gasteiger partial charge in [-0.25, -0.2) is 0 Å². The standard InChI is InChI=1S/C13H14BrNO2.ClH/c1-8-3-6-12(17-8)13(15)10-5-4-9(16-2)7-11(10)14;/h3-7,13H,15H2,1-2H3;1H. The van der Waals surface area contributed by atoms with Crippen molar-refractivity contribution in [1.29, 1.82) is 0 Å². The summed E-state index contributed by atoms with van der Waals surface area (Å²) in [5, 5.41) is 0. The zero-order valence-corrected chi connectivity index (χ0v) is 12.5. The lowest BCUT2D eigenvalue weighted by atomic mass is 10.1. The van der Waals surface area contributed by atoms with Crippen molar-refractivity contribution in [2.75, 3.05) is 7.11 Å². The number of aryl methyl sites for hydroxylation is 1. The minimum Gasteiger partial charge on any atom is -0.497 e. The monoisotopic (exact) mass is 331 g/mol. The van der Waals surface area contributed by atoms with Crippen LogP contribution in [0.4, 0.5) is 0 Å². The van der Waals surface area contributed by atoms with E-state index >= 15 is 0 Å². The third-order valence-corrected chi connectivity index (χ3v) is 3.30. The zero-order chi connectivity index (χ0) is 12.4. The van der Waals surface area contributed by atoms with Crippen LogP contribution in [0.2, 0.25) is 0 Å². The molecule has 1 unspecified atom stereocenters. The summed E-state index contributed by atoms with van der Waals surface area (Å²) in [5.74, 6) is 2.41. The molecule has 0 aliphatic rings. The van der Waals surface area contributed by atoms with Crippen LogP contribution in [-0.2, 0) is 0 Å². The molecule has 0 radical (unpaired) electrons. The van der Waals surface area contributed by atoms with E-state index < -0.39 is 0 Å². The van der Waals surface area contributed by atoms with Crippen LogP contribution in [0.25, 0.3) is 0 Å². The highest BCUT2D eigenvalue weighted by Gasteiger charge is 2.15. The molecule has 0 amide bonds. The van der Waals surface area contributed by atoms with Gasteiger partial charge in [-0.05, 0) is 36.8 Å². The number of methoxy groups -OCH3 is 1. The lowest BCUT2D eigenvalue weighted by Crippen LogP contribution is -2.11. The van der Waals surface area contributed by atoms with Crippen LogP contribution in [0.5, 0.6) is 5.75 Å². The van der Waals surface area contributed by atoms with Crippen molar-refractivity contribution in [3.8, 4) is 5.75 Å². The van der Waals surface area contributed by atoms with Crippen molar-refractivity contribution in [3.05, 3.63) is 51.9 Å². The summed E-state index contributed by atoms with van der Waals surface area (Å²) >= 11 is 3.49. The van der Waals surface area contributed by atoms with Crippen LogP contribution >= 0.6 is 28.3 Å². The molecule has 0 bridgehead atoms. The lowest BCUT2D eigenvalue weighted by Gasteiger charge is -2.12. The number of furan rings is 1. The quantitative estimate of drug-likeness (QED) is 0.929. The van der Waals surface area contributed by atoms with E-state index in [1.807, 2.05) is 37.3 Å². The van der Waals surface area contributed by atoms with Gasteiger partial charge in [0.25, 0.3) is 0 Å². The van der Waals surface area contributed by atoms with Crippen LogP contribution in [0.3, 0.4) is 0 Å². The second-order valence-electron chi connectivity index (χ2n) is 3.81. The molecule has 0 fully saturated rings. The van der Waals surface area contributed by atoms with E-state index in [2.05, 4.69) is 15.9 Å². The summed E-state index contributed by atoms with van der Waals surface area (Å²) in [6.07, 6.45) is 0. The van der Waals surface area contributed by atoms with Crippen molar-refractivity contribution in [1.82, 2.24) is 0 Å². The summed E-state index contributed by atoms with van der Waals surface area (Å²) in [4.78, 5) is 0. The highest BCUT2D eigenvalue weighted by molar-refractivity contribution is 9.10. The average molecular weight is 333 g/mol. The fourth-order valence-corrected chi connectivity index (χ4v) is 2.27. The predicted octanol–water partition coefficient (Wildman–Crippen LogP) is 3.83. The van der Waals surface area contributed by atoms with Gasteiger partial charge in [-0.2, -0.15) is 0 Å². The van der Waals surface area contributed by atoms with E-state index in [-0.39, 0.29) is 18.4 Å². The number of hydrogen-bond donors (Lipinski definition) is 1. The fraction of sp³-hybridized carbons (Fsp3) is 0.231. The number of ether oxygens (including phenoxy) is 1. The fourth-order valence-electron chi connectivity index (χ4n) is 1.66. The molecular weight excluding hydrogens is 318 g/mol. The molecule has 18 heavy (non-hydrogen) atoms. The molecule has 1 aromatic carbocycles. The Morgan fingerprint density at radius 1 is 1.28 bits per heavy atom. The SMILES string of the molecule is COc1ccc(C(N)c2ccc(C)o2)c(Br)c1.Cl. The highest BCUT2D eigenvalue weighted by Crippen LogP contribution is 2.30. The third-order valence-electron chi connectivity index (χ3n) is 2.61. The van der Waals surface area contributed by atoms with E-state index in [1.165, 1.54) is 0 Å². The number of benzene rings is 1. The average Bonchev–Trinajstić information content (AvgIpc) is 2.75. The predicted molar refractivity (Wildman–Crippen MR) is 77.4 cm³/mol. The maximum Gasteiger partial charge on any atom is 0.125 e. The van der Waals surface area contributed by atoms with Gasteiger partial charge in [0.05, 0.1) is 13.2 Å². The van der Waals surface area contributed by atoms with Crippen LogP contribution in [-0.4, -0.2) is 7.11 Å². The first kappa shape index (κ1) is 15.1. The van der Waals surface area contributed by atoms with Gasteiger partial charge in [0.1, 0.15) is 17.3 Å². The van der Waals surface area contributed by atoms with E-state index in [9.17, 15) is 0 Å². The Morgan fingerprint density at radius 3 is 2.50 bits per heavy atom. The summed E-state index contributed by atoms with van der Waals surface area (Å²) in [5.41, 5.74) is 7.13. The van der Waals surface area contributed by atoms with Crippen molar-refractivity contribution in [3.63, 3.8) is 0 Å². The second-order valence-corrected chi connectivity index (χ2v) is 4.67. The van der Waals surface area contributed by atoms with Crippen LogP contribution in [0.15, 0.2) is 39.2 Å². The first-order chi connectivity index (χ1) is 8.11. The summed E-state index contributed by atoms with van der Waals surface area (Å²) in [7, 11) is 1.64. The van der Waals surface area contributed by atoms with Gasteiger partial charge in [-0.3, -0.25) is 0 Å². The lowest BCUT2D eigenvalue weighted by molar-refractivity contribution is 0.414. The number of hydrogen-bond acceptors (Lipinski definition) is 3. The number of rotatable bonds is 3. The topological polar surface area (TPSA) is 48.4 Å². The molecule has 1 atom stereocenters. The molecule has 2 aromatic rings. The Morgan fingerprint density at radius 2 is 2.00 bits per heavy atom. The Balaban J connectivity index is 0.00000162. The molecule has 0 aliphatic heterocycles. The molecule has 2 rings (SSSR count). The highest BCUT2D eigenvalue weighted by atomic mass is 79.9. The first-order valence-corrected chi connectivity index (χ1v) is 6.06. The molecule has 3 nitrogen and oxygen atoms in total. The minimum absolute atomic E-state index is 0. The van der Waals surface area contributed by atoms with Gasteiger partial charge in [0.2, 0.25) is 0 Å². The van der Waals surface area contributed by atoms with Crippen LogP contribution < -0.4 is 10.5 Å². The maximum absolute atomic E-state index is 6.16. The first-order valence-electron chi connectivity index (χ1n) is 5.27. The van der Waals surface area contributed by atoms with Crippen LogP contribution in [0, 0.1) is 6.92 Å². The zero-order valence-electron chi connectivity index (χ0n) is 10.1. The molecule has 0 aliphatic carbocycles. The van der Waals surface area contributed by atoms with Crippen LogP contribution in [0.1, 0.15) is 23.1 Å². The Labute approximate surface area is 121 Å². The Bertz CT molecular complexity index is 527. The maximum atomic E-state index is 6.16. The van der Waals surface area contributed by atoms with Gasteiger partial charge in [-0.15, -0.1) is 12.4 Å². The molecule has 2 N–H and O–H groups in total. The van der Waals surface area contributed by atoms with E-state index in [1.54, 1.807) is 7.11 Å². The van der Waals surface area contributed by atoms with E-state index in [0.717, 1.165) is 27.3 Å².